The number of likely N-dealkylation sites (tertiary alicyclic amines) is 1. The first-order valence-electron chi connectivity index (χ1n) is 5.88. The van der Waals surface area contributed by atoms with Gasteiger partial charge in [-0.25, -0.2) is 0 Å². The average Bonchev–Trinajstić information content (AvgIpc) is 2.28. The summed E-state index contributed by atoms with van der Waals surface area (Å²) < 4.78 is 1.15. The number of hydrogen-bond donors (Lipinski definition) is 1. The van der Waals surface area contributed by atoms with E-state index in [1.54, 1.807) is 0 Å². The first kappa shape index (κ1) is 12.1. The van der Waals surface area contributed by atoms with Crippen LogP contribution in [-0.4, -0.2) is 25.0 Å². The molecule has 1 saturated heterocycles. The normalized spacial score (nSPS) is 26.9. The molecule has 1 aliphatic heterocycles. The SMILES string of the molecule is CN1CCCC(CN)C1c1cccc(Br)c1. The Balaban J connectivity index is 2.28. The van der Waals surface area contributed by atoms with Crippen LogP contribution < -0.4 is 5.73 Å². The maximum absolute atomic E-state index is 5.89. The molecule has 0 aliphatic carbocycles. The number of nitrogens with two attached hydrogens (primary N) is 1. The quantitative estimate of drug-likeness (QED) is 0.904. The van der Waals surface area contributed by atoms with Crippen molar-refractivity contribution in [3.63, 3.8) is 0 Å². The van der Waals surface area contributed by atoms with Crippen molar-refractivity contribution in [2.75, 3.05) is 20.1 Å². The predicted molar refractivity (Wildman–Crippen MR) is 71.3 cm³/mol. The maximum Gasteiger partial charge on any atom is 0.0385 e. The van der Waals surface area contributed by atoms with Crippen molar-refractivity contribution in [2.45, 2.75) is 18.9 Å². The monoisotopic (exact) mass is 282 g/mol. The Morgan fingerprint density at radius 2 is 2.31 bits per heavy atom. The molecule has 0 aromatic heterocycles. The lowest BCUT2D eigenvalue weighted by atomic mass is 9.85. The number of rotatable bonds is 2. The molecule has 2 unspecified atom stereocenters. The van der Waals surface area contributed by atoms with Gasteiger partial charge in [-0.2, -0.15) is 0 Å². The van der Waals surface area contributed by atoms with E-state index in [0.717, 1.165) is 11.0 Å². The molecular formula is C13H19BrN2. The van der Waals surface area contributed by atoms with E-state index in [1.165, 1.54) is 24.9 Å². The molecule has 2 rings (SSSR count). The fourth-order valence-corrected chi connectivity index (χ4v) is 3.14. The van der Waals surface area contributed by atoms with Crippen molar-refractivity contribution < 1.29 is 0 Å². The van der Waals surface area contributed by atoms with E-state index in [4.69, 9.17) is 5.73 Å². The topological polar surface area (TPSA) is 29.3 Å². The van der Waals surface area contributed by atoms with Gasteiger partial charge in [-0.1, -0.05) is 28.1 Å². The second-order valence-electron chi connectivity index (χ2n) is 4.62. The summed E-state index contributed by atoms with van der Waals surface area (Å²) in [6.45, 7) is 1.95. The van der Waals surface area contributed by atoms with Gasteiger partial charge in [0.05, 0.1) is 0 Å². The predicted octanol–water partition coefficient (Wildman–Crippen LogP) is 2.79. The molecule has 0 amide bonds. The Morgan fingerprint density at radius 1 is 1.50 bits per heavy atom. The molecule has 1 heterocycles. The highest BCUT2D eigenvalue weighted by molar-refractivity contribution is 9.10. The zero-order valence-corrected chi connectivity index (χ0v) is 11.3. The molecule has 1 aliphatic rings. The smallest absolute Gasteiger partial charge is 0.0385 e. The van der Waals surface area contributed by atoms with Crippen LogP contribution in [0.1, 0.15) is 24.4 Å². The number of halogens is 1. The zero-order chi connectivity index (χ0) is 11.5. The van der Waals surface area contributed by atoms with Gasteiger partial charge in [0, 0.05) is 10.5 Å². The molecule has 1 aromatic rings. The van der Waals surface area contributed by atoms with E-state index in [2.05, 4.69) is 52.1 Å². The Bertz CT molecular complexity index is 354. The van der Waals surface area contributed by atoms with E-state index in [0.29, 0.717) is 12.0 Å². The van der Waals surface area contributed by atoms with Gasteiger partial charge in [0.2, 0.25) is 0 Å². The van der Waals surface area contributed by atoms with Gasteiger partial charge in [-0.05, 0) is 56.6 Å². The molecule has 1 aromatic carbocycles. The van der Waals surface area contributed by atoms with E-state index >= 15 is 0 Å². The largest absolute Gasteiger partial charge is 0.330 e. The summed E-state index contributed by atoms with van der Waals surface area (Å²) in [5.41, 5.74) is 7.27. The third-order valence-electron chi connectivity index (χ3n) is 3.50. The van der Waals surface area contributed by atoms with Crippen LogP contribution in [0.2, 0.25) is 0 Å². The molecule has 0 saturated carbocycles. The van der Waals surface area contributed by atoms with Crippen LogP contribution in [0.3, 0.4) is 0 Å². The first-order chi connectivity index (χ1) is 7.72. The van der Waals surface area contributed by atoms with Gasteiger partial charge in [-0.3, -0.25) is 4.90 Å². The van der Waals surface area contributed by atoms with Gasteiger partial charge >= 0.3 is 0 Å². The van der Waals surface area contributed by atoms with Crippen LogP contribution in [0.25, 0.3) is 0 Å². The lowest BCUT2D eigenvalue weighted by Crippen LogP contribution is -2.39. The fourth-order valence-electron chi connectivity index (χ4n) is 2.72. The highest BCUT2D eigenvalue weighted by Crippen LogP contribution is 2.35. The van der Waals surface area contributed by atoms with Crippen LogP contribution in [0, 0.1) is 5.92 Å². The average molecular weight is 283 g/mol. The Kier molecular flexibility index (Phi) is 4.00. The summed E-state index contributed by atoms with van der Waals surface area (Å²) in [6.07, 6.45) is 2.51. The number of hydrogen-bond acceptors (Lipinski definition) is 2. The molecule has 1 fully saturated rings. The molecule has 2 nitrogen and oxygen atoms in total. The summed E-state index contributed by atoms with van der Waals surface area (Å²) in [5.74, 6) is 0.591. The molecule has 0 spiro atoms. The molecule has 16 heavy (non-hydrogen) atoms. The van der Waals surface area contributed by atoms with Gasteiger partial charge in [0.25, 0.3) is 0 Å². The van der Waals surface area contributed by atoms with E-state index in [-0.39, 0.29) is 0 Å². The zero-order valence-electron chi connectivity index (χ0n) is 9.70. The van der Waals surface area contributed by atoms with E-state index < -0.39 is 0 Å². The van der Waals surface area contributed by atoms with Crippen LogP contribution in [-0.2, 0) is 0 Å². The highest BCUT2D eigenvalue weighted by Gasteiger charge is 2.29. The standard InChI is InChI=1S/C13H19BrN2/c1-16-7-3-5-11(9-15)13(16)10-4-2-6-12(14)8-10/h2,4,6,8,11,13H,3,5,7,9,15H2,1H3. The first-order valence-corrected chi connectivity index (χ1v) is 6.67. The Labute approximate surface area is 106 Å². The summed E-state index contributed by atoms with van der Waals surface area (Å²) in [4.78, 5) is 2.43. The van der Waals surface area contributed by atoms with Crippen molar-refractivity contribution in [1.29, 1.82) is 0 Å². The Hall–Kier alpha value is -0.380. The van der Waals surface area contributed by atoms with E-state index in [1.807, 2.05) is 0 Å². The third-order valence-corrected chi connectivity index (χ3v) is 3.99. The lowest BCUT2D eigenvalue weighted by molar-refractivity contribution is 0.125. The lowest BCUT2D eigenvalue weighted by Gasteiger charge is -2.39. The molecule has 0 bridgehead atoms. The van der Waals surface area contributed by atoms with Crippen molar-refractivity contribution in [2.24, 2.45) is 11.7 Å². The van der Waals surface area contributed by atoms with Gasteiger partial charge in [0.15, 0.2) is 0 Å². The van der Waals surface area contributed by atoms with Crippen molar-refractivity contribution in [1.82, 2.24) is 4.90 Å². The van der Waals surface area contributed by atoms with Crippen LogP contribution in [0.15, 0.2) is 28.7 Å². The fraction of sp³-hybridized carbons (Fsp3) is 0.538. The summed E-state index contributed by atoms with van der Waals surface area (Å²) in [5, 5.41) is 0. The second-order valence-corrected chi connectivity index (χ2v) is 5.53. The van der Waals surface area contributed by atoms with Gasteiger partial charge in [0.1, 0.15) is 0 Å². The van der Waals surface area contributed by atoms with Crippen LogP contribution in [0.4, 0.5) is 0 Å². The minimum Gasteiger partial charge on any atom is -0.330 e. The second kappa shape index (κ2) is 5.30. The molecule has 2 atom stereocenters. The number of nitrogens with zero attached hydrogens (tertiary/aromatic N) is 1. The number of piperidine rings is 1. The molecule has 2 N–H and O–H groups in total. The Morgan fingerprint density at radius 3 is 3.00 bits per heavy atom. The molecule has 3 heteroatoms. The van der Waals surface area contributed by atoms with Crippen LogP contribution >= 0.6 is 15.9 Å². The third kappa shape index (κ3) is 2.47. The molecular weight excluding hydrogens is 264 g/mol. The highest BCUT2D eigenvalue weighted by atomic mass is 79.9. The van der Waals surface area contributed by atoms with Crippen molar-refractivity contribution >= 4 is 15.9 Å². The van der Waals surface area contributed by atoms with Gasteiger partial charge in [-0.15, -0.1) is 0 Å². The number of benzene rings is 1. The van der Waals surface area contributed by atoms with Crippen LogP contribution in [0.5, 0.6) is 0 Å². The summed E-state index contributed by atoms with van der Waals surface area (Å²) in [7, 11) is 2.20. The van der Waals surface area contributed by atoms with Gasteiger partial charge < -0.3 is 5.73 Å². The summed E-state index contributed by atoms with van der Waals surface area (Å²) in [6, 6.07) is 9.09. The minimum atomic E-state index is 0.483. The minimum absolute atomic E-state index is 0.483. The van der Waals surface area contributed by atoms with Crippen molar-refractivity contribution in [3.05, 3.63) is 34.3 Å². The van der Waals surface area contributed by atoms with E-state index in [9.17, 15) is 0 Å². The summed E-state index contributed by atoms with van der Waals surface area (Å²) >= 11 is 3.54. The van der Waals surface area contributed by atoms with Crippen molar-refractivity contribution in [3.8, 4) is 0 Å². The maximum atomic E-state index is 5.89. The molecule has 0 radical (unpaired) electrons. The molecule has 88 valence electrons.